The molecule has 2 amide bonds. The smallest absolute Gasteiger partial charge is 0.287 e. The molecule has 5 nitrogen and oxygen atoms in total. The number of amides is 2. The first-order chi connectivity index (χ1) is 17.2. The fourth-order valence-electron chi connectivity index (χ4n) is 4.38. The zero-order valence-electron chi connectivity index (χ0n) is 22.9. The third kappa shape index (κ3) is 17.3. The number of unbranched alkanes of at least 4 members (excludes halogenated alkanes) is 18. The molecule has 0 aliphatic carbocycles. The summed E-state index contributed by atoms with van der Waals surface area (Å²) in [6.45, 7) is 5.80. The van der Waals surface area contributed by atoms with Crippen LogP contribution in [-0.2, 0) is 0 Å². The van der Waals surface area contributed by atoms with Crippen molar-refractivity contribution in [1.82, 2.24) is 10.6 Å². The maximum absolute atomic E-state index is 12.3. The Morgan fingerprint density at radius 2 is 0.800 bits per heavy atom. The molecular formula is C30H54N2O3. The second-order valence-electron chi connectivity index (χ2n) is 10.0. The van der Waals surface area contributed by atoms with Crippen molar-refractivity contribution in [3.63, 3.8) is 0 Å². The Labute approximate surface area is 215 Å². The van der Waals surface area contributed by atoms with E-state index in [0.717, 1.165) is 25.7 Å². The van der Waals surface area contributed by atoms with Crippen LogP contribution in [0.1, 0.15) is 163 Å². The SMILES string of the molecule is CCCCCCCCCCCCNC(=O)c1ccc(C(=O)NCCCCCCCCCCCC)o1. The molecule has 202 valence electrons. The summed E-state index contributed by atoms with van der Waals surface area (Å²) in [7, 11) is 0. The van der Waals surface area contributed by atoms with Gasteiger partial charge in [0.2, 0.25) is 0 Å². The van der Waals surface area contributed by atoms with Crippen LogP contribution in [0, 0.1) is 0 Å². The van der Waals surface area contributed by atoms with Crippen molar-refractivity contribution in [3.8, 4) is 0 Å². The molecule has 0 saturated carbocycles. The molecule has 0 aromatic carbocycles. The van der Waals surface area contributed by atoms with Gasteiger partial charge in [-0.1, -0.05) is 129 Å². The summed E-state index contributed by atoms with van der Waals surface area (Å²) in [4.78, 5) is 24.5. The van der Waals surface area contributed by atoms with Gasteiger partial charge in [-0.25, -0.2) is 0 Å². The maximum Gasteiger partial charge on any atom is 0.287 e. The average molecular weight is 491 g/mol. The fraction of sp³-hybridized carbons (Fsp3) is 0.800. The summed E-state index contributed by atoms with van der Waals surface area (Å²) >= 11 is 0. The Kier molecular flexibility index (Phi) is 20.2. The Hall–Kier alpha value is -1.78. The molecule has 1 heterocycles. The highest BCUT2D eigenvalue weighted by molar-refractivity contribution is 5.95. The summed E-state index contributed by atoms with van der Waals surface area (Å²) in [5, 5.41) is 5.81. The number of hydrogen-bond acceptors (Lipinski definition) is 3. The molecule has 1 rings (SSSR count). The van der Waals surface area contributed by atoms with Crippen LogP contribution in [0.4, 0.5) is 0 Å². The lowest BCUT2D eigenvalue weighted by Gasteiger charge is -2.05. The zero-order chi connectivity index (χ0) is 25.4. The molecule has 0 bridgehead atoms. The van der Waals surface area contributed by atoms with Gasteiger partial charge in [0.05, 0.1) is 0 Å². The van der Waals surface area contributed by atoms with Crippen LogP contribution >= 0.6 is 0 Å². The monoisotopic (exact) mass is 490 g/mol. The highest BCUT2D eigenvalue weighted by atomic mass is 16.4. The molecule has 0 aliphatic rings. The van der Waals surface area contributed by atoms with Crippen LogP contribution in [0.5, 0.6) is 0 Å². The molecule has 2 N–H and O–H groups in total. The van der Waals surface area contributed by atoms with Crippen molar-refractivity contribution in [2.24, 2.45) is 0 Å². The standard InChI is InChI=1S/C30H54N2O3/c1-3-5-7-9-11-13-15-17-19-21-25-31-29(33)27-23-24-28(35-27)30(34)32-26-22-20-18-16-14-12-10-8-6-4-2/h23-24H,3-22,25-26H2,1-2H3,(H,31,33)(H,32,34). The number of rotatable bonds is 24. The molecule has 0 atom stereocenters. The normalized spacial score (nSPS) is 11.0. The third-order valence-electron chi connectivity index (χ3n) is 6.69. The largest absolute Gasteiger partial charge is 0.446 e. The first-order valence-electron chi connectivity index (χ1n) is 14.8. The van der Waals surface area contributed by atoms with Crippen molar-refractivity contribution in [1.29, 1.82) is 0 Å². The fourth-order valence-corrected chi connectivity index (χ4v) is 4.38. The topological polar surface area (TPSA) is 71.3 Å². The van der Waals surface area contributed by atoms with Gasteiger partial charge in [0.1, 0.15) is 0 Å². The molecule has 0 spiro atoms. The minimum atomic E-state index is -0.241. The van der Waals surface area contributed by atoms with Crippen molar-refractivity contribution in [2.45, 2.75) is 142 Å². The number of nitrogens with one attached hydrogen (secondary N) is 2. The van der Waals surface area contributed by atoms with Crippen LogP contribution in [-0.4, -0.2) is 24.9 Å². The summed E-state index contributed by atoms with van der Waals surface area (Å²) in [5.41, 5.74) is 0. The third-order valence-corrected chi connectivity index (χ3v) is 6.69. The van der Waals surface area contributed by atoms with E-state index >= 15 is 0 Å². The van der Waals surface area contributed by atoms with E-state index in [0.29, 0.717) is 13.1 Å². The predicted molar refractivity (Wildman–Crippen MR) is 147 cm³/mol. The molecular weight excluding hydrogens is 436 g/mol. The predicted octanol–water partition coefficient (Wildman–Crippen LogP) is 8.58. The highest BCUT2D eigenvalue weighted by Crippen LogP contribution is 2.12. The Bertz CT molecular complexity index is 589. The Morgan fingerprint density at radius 1 is 0.514 bits per heavy atom. The van der Waals surface area contributed by atoms with Gasteiger partial charge in [-0.05, 0) is 25.0 Å². The molecule has 0 aliphatic heterocycles. The number of carbonyl (C=O) groups excluding carboxylic acids is 2. The molecule has 0 fully saturated rings. The number of hydrogen-bond donors (Lipinski definition) is 2. The van der Waals surface area contributed by atoms with Crippen molar-refractivity contribution < 1.29 is 14.0 Å². The minimum absolute atomic E-state index is 0.209. The summed E-state index contributed by atoms with van der Waals surface area (Å²) < 4.78 is 5.48. The Morgan fingerprint density at radius 3 is 1.11 bits per heavy atom. The minimum Gasteiger partial charge on any atom is -0.446 e. The summed E-state index contributed by atoms with van der Waals surface area (Å²) in [6.07, 6.45) is 25.4. The van der Waals surface area contributed by atoms with Crippen LogP contribution in [0.3, 0.4) is 0 Å². The highest BCUT2D eigenvalue weighted by Gasteiger charge is 2.15. The van der Waals surface area contributed by atoms with Gasteiger partial charge in [0.25, 0.3) is 11.8 Å². The average Bonchev–Trinajstić information content (AvgIpc) is 3.36. The summed E-state index contributed by atoms with van der Waals surface area (Å²) in [5.74, 6) is -0.0633. The summed E-state index contributed by atoms with van der Waals surface area (Å²) in [6, 6.07) is 3.17. The van der Waals surface area contributed by atoms with Gasteiger partial charge >= 0.3 is 0 Å². The first-order valence-corrected chi connectivity index (χ1v) is 14.8. The van der Waals surface area contributed by atoms with Crippen LogP contribution in [0.15, 0.2) is 16.5 Å². The second kappa shape index (κ2) is 22.7. The van der Waals surface area contributed by atoms with Crippen molar-refractivity contribution >= 4 is 11.8 Å². The number of carbonyl (C=O) groups is 2. The quantitative estimate of drug-likeness (QED) is 0.143. The molecule has 35 heavy (non-hydrogen) atoms. The van der Waals surface area contributed by atoms with E-state index in [4.69, 9.17) is 4.42 Å². The first kappa shape index (κ1) is 31.3. The van der Waals surface area contributed by atoms with Crippen molar-refractivity contribution in [2.75, 3.05) is 13.1 Å². The maximum atomic E-state index is 12.3. The molecule has 1 aromatic heterocycles. The lowest BCUT2D eigenvalue weighted by Crippen LogP contribution is -2.25. The van der Waals surface area contributed by atoms with Gasteiger partial charge in [-0.3, -0.25) is 9.59 Å². The van der Waals surface area contributed by atoms with Gasteiger partial charge in [0.15, 0.2) is 11.5 Å². The van der Waals surface area contributed by atoms with E-state index in [9.17, 15) is 9.59 Å². The molecule has 0 saturated heterocycles. The van der Waals surface area contributed by atoms with E-state index < -0.39 is 0 Å². The Balaban J connectivity index is 2.01. The zero-order valence-corrected chi connectivity index (χ0v) is 22.9. The van der Waals surface area contributed by atoms with Crippen LogP contribution < -0.4 is 10.6 Å². The van der Waals surface area contributed by atoms with E-state index in [2.05, 4.69) is 24.5 Å². The lowest BCUT2D eigenvalue weighted by molar-refractivity contribution is 0.0900. The number of furan rings is 1. The van der Waals surface area contributed by atoms with Crippen LogP contribution in [0.2, 0.25) is 0 Å². The molecule has 0 unspecified atom stereocenters. The van der Waals surface area contributed by atoms with Gasteiger partial charge < -0.3 is 15.1 Å². The van der Waals surface area contributed by atoms with E-state index in [1.165, 1.54) is 103 Å². The lowest BCUT2D eigenvalue weighted by atomic mass is 10.1. The molecule has 0 radical (unpaired) electrons. The van der Waals surface area contributed by atoms with Gasteiger partial charge in [-0.15, -0.1) is 0 Å². The molecule has 1 aromatic rings. The molecule has 5 heteroatoms. The van der Waals surface area contributed by atoms with E-state index in [-0.39, 0.29) is 23.3 Å². The van der Waals surface area contributed by atoms with E-state index in [1.807, 2.05) is 0 Å². The van der Waals surface area contributed by atoms with Gasteiger partial charge in [0, 0.05) is 13.1 Å². The van der Waals surface area contributed by atoms with Crippen LogP contribution in [0.25, 0.3) is 0 Å². The van der Waals surface area contributed by atoms with Crippen molar-refractivity contribution in [3.05, 3.63) is 23.7 Å². The van der Waals surface area contributed by atoms with E-state index in [1.54, 1.807) is 12.1 Å². The van der Waals surface area contributed by atoms with Gasteiger partial charge in [-0.2, -0.15) is 0 Å². The second-order valence-corrected chi connectivity index (χ2v) is 10.0.